The van der Waals surface area contributed by atoms with Crippen molar-refractivity contribution in [2.45, 2.75) is 25.0 Å². The van der Waals surface area contributed by atoms with Gasteiger partial charge >= 0.3 is 5.97 Å². The van der Waals surface area contributed by atoms with Crippen LogP contribution in [0.4, 0.5) is 5.69 Å². The number of carbonyl (C=O) groups is 2. The predicted octanol–water partition coefficient (Wildman–Crippen LogP) is 0.725. The number of rotatable bonds is 3. The van der Waals surface area contributed by atoms with E-state index in [1.165, 1.54) is 0 Å². The van der Waals surface area contributed by atoms with Crippen molar-refractivity contribution >= 4 is 17.6 Å². The van der Waals surface area contributed by atoms with Gasteiger partial charge < -0.3 is 20.1 Å². The molecule has 3 rings (SSSR count). The summed E-state index contributed by atoms with van der Waals surface area (Å²) in [5.74, 6) is -0.884. The lowest BCUT2D eigenvalue weighted by Gasteiger charge is -2.33. The Bertz CT molecular complexity index is 535. The number of hydrogen-bond donors (Lipinski definition) is 2. The van der Waals surface area contributed by atoms with Crippen molar-refractivity contribution in [2.75, 3.05) is 25.0 Å². The van der Waals surface area contributed by atoms with Crippen LogP contribution in [0.3, 0.4) is 0 Å². The summed E-state index contributed by atoms with van der Waals surface area (Å²) in [7, 11) is 0. The van der Waals surface area contributed by atoms with E-state index < -0.39 is 12.1 Å². The molecule has 1 saturated heterocycles. The van der Waals surface area contributed by atoms with Crippen LogP contribution in [-0.4, -0.2) is 53.7 Å². The number of carbonyl (C=O) groups excluding carboxylic acids is 1. The number of amides is 1. The Balaban J connectivity index is 1.62. The third kappa shape index (κ3) is 3.00. The van der Waals surface area contributed by atoms with Crippen molar-refractivity contribution in [3.05, 3.63) is 29.8 Å². The SMILES string of the molecule is O=C(O)CC1CN(C(=O)C2Cc3ccccc3N2)CCO1. The van der Waals surface area contributed by atoms with Crippen LogP contribution in [0, 0.1) is 0 Å². The van der Waals surface area contributed by atoms with Gasteiger partial charge in [-0.25, -0.2) is 0 Å². The lowest BCUT2D eigenvalue weighted by atomic mass is 10.1. The first kappa shape index (κ1) is 13.9. The molecular formula is C15H18N2O4. The van der Waals surface area contributed by atoms with Gasteiger partial charge in [0.05, 0.1) is 19.1 Å². The molecule has 2 atom stereocenters. The van der Waals surface area contributed by atoms with E-state index in [-0.39, 0.29) is 18.4 Å². The molecule has 0 saturated carbocycles. The van der Waals surface area contributed by atoms with Gasteiger partial charge in [0.1, 0.15) is 6.04 Å². The fraction of sp³-hybridized carbons (Fsp3) is 0.467. The predicted molar refractivity (Wildman–Crippen MR) is 76.1 cm³/mol. The number of carboxylic acid groups (broad SMARTS) is 1. The van der Waals surface area contributed by atoms with Crippen LogP contribution in [0.5, 0.6) is 0 Å². The normalized spacial score (nSPS) is 24.3. The van der Waals surface area contributed by atoms with Crippen molar-refractivity contribution in [1.29, 1.82) is 0 Å². The molecule has 2 unspecified atom stereocenters. The standard InChI is InChI=1S/C15H18N2O4/c18-14(19)8-11-9-17(5-6-21-11)15(20)13-7-10-3-1-2-4-12(10)16-13/h1-4,11,13,16H,5-9H2,(H,18,19). The maximum atomic E-state index is 12.6. The average molecular weight is 290 g/mol. The summed E-state index contributed by atoms with van der Waals surface area (Å²) in [6, 6.07) is 7.63. The van der Waals surface area contributed by atoms with Crippen molar-refractivity contribution in [3.63, 3.8) is 0 Å². The van der Waals surface area contributed by atoms with Crippen LogP contribution in [0.25, 0.3) is 0 Å². The molecule has 2 aliphatic rings. The van der Waals surface area contributed by atoms with Gasteiger partial charge in [-0.2, -0.15) is 0 Å². The van der Waals surface area contributed by atoms with E-state index in [1.807, 2.05) is 24.3 Å². The van der Waals surface area contributed by atoms with Crippen LogP contribution >= 0.6 is 0 Å². The molecule has 2 N–H and O–H groups in total. The highest BCUT2D eigenvalue weighted by atomic mass is 16.5. The average Bonchev–Trinajstić information content (AvgIpc) is 2.90. The Hall–Kier alpha value is -2.08. The van der Waals surface area contributed by atoms with Crippen LogP contribution in [0.1, 0.15) is 12.0 Å². The summed E-state index contributed by atoms with van der Waals surface area (Å²) in [6.45, 7) is 1.26. The molecule has 1 amide bonds. The van der Waals surface area contributed by atoms with E-state index in [1.54, 1.807) is 4.90 Å². The minimum atomic E-state index is -0.902. The number of benzene rings is 1. The molecule has 0 aliphatic carbocycles. The maximum absolute atomic E-state index is 12.6. The topological polar surface area (TPSA) is 78.9 Å². The van der Waals surface area contributed by atoms with Gasteiger partial charge in [0, 0.05) is 25.2 Å². The highest BCUT2D eigenvalue weighted by Gasteiger charge is 2.33. The van der Waals surface area contributed by atoms with Crippen LogP contribution < -0.4 is 5.32 Å². The van der Waals surface area contributed by atoms with E-state index in [0.717, 1.165) is 11.3 Å². The Kier molecular flexibility index (Phi) is 3.79. The summed E-state index contributed by atoms with van der Waals surface area (Å²) in [5, 5.41) is 12.1. The number of aliphatic carboxylic acids is 1. The number of anilines is 1. The van der Waals surface area contributed by atoms with E-state index in [9.17, 15) is 9.59 Å². The van der Waals surface area contributed by atoms with Gasteiger partial charge in [0.15, 0.2) is 0 Å². The third-order valence-corrected chi connectivity index (χ3v) is 3.92. The molecule has 0 spiro atoms. The van der Waals surface area contributed by atoms with Crippen LogP contribution in [0.2, 0.25) is 0 Å². The molecule has 112 valence electrons. The number of nitrogens with zero attached hydrogens (tertiary/aromatic N) is 1. The molecule has 1 aromatic carbocycles. The molecule has 0 radical (unpaired) electrons. The van der Waals surface area contributed by atoms with Gasteiger partial charge in [0.25, 0.3) is 0 Å². The molecule has 2 aliphatic heterocycles. The van der Waals surface area contributed by atoms with Crippen molar-refractivity contribution in [2.24, 2.45) is 0 Å². The molecule has 2 heterocycles. The third-order valence-electron chi connectivity index (χ3n) is 3.92. The number of para-hydroxylation sites is 1. The highest BCUT2D eigenvalue weighted by Crippen LogP contribution is 2.26. The number of ether oxygens (including phenoxy) is 1. The van der Waals surface area contributed by atoms with Crippen molar-refractivity contribution in [1.82, 2.24) is 4.90 Å². The lowest BCUT2D eigenvalue weighted by molar-refractivity contribution is -0.148. The van der Waals surface area contributed by atoms with Crippen LogP contribution in [0.15, 0.2) is 24.3 Å². The molecule has 6 nitrogen and oxygen atoms in total. The molecule has 1 fully saturated rings. The molecule has 21 heavy (non-hydrogen) atoms. The highest BCUT2D eigenvalue weighted by molar-refractivity contribution is 5.87. The molecule has 6 heteroatoms. The minimum Gasteiger partial charge on any atom is -0.481 e. The smallest absolute Gasteiger partial charge is 0.306 e. The molecule has 0 aromatic heterocycles. The second-order valence-corrected chi connectivity index (χ2v) is 5.43. The maximum Gasteiger partial charge on any atom is 0.306 e. The Morgan fingerprint density at radius 1 is 1.38 bits per heavy atom. The molecule has 0 bridgehead atoms. The first-order chi connectivity index (χ1) is 10.1. The van der Waals surface area contributed by atoms with Gasteiger partial charge in [-0.15, -0.1) is 0 Å². The van der Waals surface area contributed by atoms with E-state index in [4.69, 9.17) is 9.84 Å². The summed E-state index contributed by atoms with van der Waals surface area (Å²) < 4.78 is 5.40. The minimum absolute atomic E-state index is 0.0184. The first-order valence-corrected chi connectivity index (χ1v) is 7.10. The Morgan fingerprint density at radius 3 is 2.95 bits per heavy atom. The number of morpholine rings is 1. The summed E-state index contributed by atoms with van der Waals surface area (Å²) >= 11 is 0. The zero-order valence-electron chi connectivity index (χ0n) is 11.6. The van der Waals surface area contributed by atoms with E-state index >= 15 is 0 Å². The fourth-order valence-electron chi connectivity index (χ4n) is 2.90. The number of carboxylic acids is 1. The Morgan fingerprint density at radius 2 is 2.19 bits per heavy atom. The zero-order valence-corrected chi connectivity index (χ0v) is 11.6. The van der Waals surface area contributed by atoms with Crippen LogP contribution in [-0.2, 0) is 20.7 Å². The fourth-order valence-corrected chi connectivity index (χ4v) is 2.90. The number of fused-ring (bicyclic) bond motifs is 1. The monoisotopic (exact) mass is 290 g/mol. The largest absolute Gasteiger partial charge is 0.481 e. The Labute approximate surface area is 122 Å². The quantitative estimate of drug-likeness (QED) is 0.858. The van der Waals surface area contributed by atoms with Gasteiger partial charge in [-0.1, -0.05) is 18.2 Å². The van der Waals surface area contributed by atoms with Crippen molar-refractivity contribution in [3.8, 4) is 0 Å². The second kappa shape index (κ2) is 5.73. The summed E-state index contributed by atoms with van der Waals surface area (Å²) in [4.78, 5) is 25.0. The number of nitrogens with one attached hydrogen (secondary N) is 1. The molecular weight excluding hydrogens is 272 g/mol. The van der Waals surface area contributed by atoms with E-state index in [0.29, 0.717) is 26.1 Å². The second-order valence-electron chi connectivity index (χ2n) is 5.43. The summed E-state index contributed by atoms with van der Waals surface area (Å²) in [5.41, 5.74) is 2.15. The first-order valence-electron chi connectivity index (χ1n) is 7.10. The molecule has 1 aromatic rings. The summed E-state index contributed by atoms with van der Waals surface area (Å²) in [6.07, 6.45) is 0.196. The van der Waals surface area contributed by atoms with Crippen molar-refractivity contribution < 1.29 is 19.4 Å². The van der Waals surface area contributed by atoms with Gasteiger partial charge in [-0.3, -0.25) is 9.59 Å². The lowest BCUT2D eigenvalue weighted by Crippen LogP contribution is -2.51. The van der Waals surface area contributed by atoms with Gasteiger partial charge in [0.2, 0.25) is 5.91 Å². The van der Waals surface area contributed by atoms with Gasteiger partial charge in [-0.05, 0) is 11.6 Å². The zero-order chi connectivity index (χ0) is 14.8. The van der Waals surface area contributed by atoms with E-state index in [2.05, 4.69) is 5.32 Å². The number of hydrogen-bond acceptors (Lipinski definition) is 4.